The summed E-state index contributed by atoms with van der Waals surface area (Å²) in [6.45, 7) is 3.84. The molecule has 0 radical (unpaired) electrons. The van der Waals surface area contributed by atoms with Gasteiger partial charge in [-0.05, 0) is 19.4 Å². The summed E-state index contributed by atoms with van der Waals surface area (Å²) >= 11 is 0. The van der Waals surface area contributed by atoms with Crippen molar-refractivity contribution in [2.75, 3.05) is 6.61 Å². The van der Waals surface area contributed by atoms with Gasteiger partial charge in [0.1, 0.15) is 6.61 Å². The first-order chi connectivity index (χ1) is 7.85. The molecule has 5 nitrogen and oxygen atoms in total. The highest BCUT2D eigenvalue weighted by molar-refractivity contribution is 5.37. The van der Waals surface area contributed by atoms with Crippen molar-refractivity contribution in [3.05, 3.63) is 34.1 Å². The van der Waals surface area contributed by atoms with Crippen LogP contribution in [0.25, 0.3) is 0 Å². The summed E-state index contributed by atoms with van der Waals surface area (Å²) in [4.78, 5) is 9.75. The van der Waals surface area contributed by atoms with Gasteiger partial charge in [-0.25, -0.2) is 4.39 Å². The predicted octanol–water partition coefficient (Wildman–Crippen LogP) is 2.24. The lowest BCUT2D eigenvalue weighted by molar-refractivity contribution is -0.385. The summed E-state index contributed by atoms with van der Waals surface area (Å²) in [6.07, 6.45) is 0.682. The highest BCUT2D eigenvalue weighted by Gasteiger charge is 2.18. The molecule has 0 aliphatic heterocycles. The second-order valence-electron chi connectivity index (χ2n) is 4.17. The third-order valence-corrected chi connectivity index (χ3v) is 2.49. The highest BCUT2D eigenvalue weighted by Crippen LogP contribution is 2.23. The fraction of sp³-hybridized carbons (Fsp3) is 0.455. The molecule has 2 N–H and O–H groups in total. The Morgan fingerprint density at radius 2 is 2.24 bits per heavy atom. The van der Waals surface area contributed by atoms with Crippen LogP contribution in [0.2, 0.25) is 0 Å². The Morgan fingerprint density at radius 1 is 1.59 bits per heavy atom. The Labute approximate surface area is 98.5 Å². The van der Waals surface area contributed by atoms with E-state index in [0.29, 0.717) is 6.42 Å². The average molecular weight is 242 g/mol. The Balaban J connectivity index is 2.77. The van der Waals surface area contributed by atoms with Gasteiger partial charge in [0.15, 0.2) is 11.6 Å². The Kier molecular flexibility index (Phi) is 4.01. The fourth-order valence-electron chi connectivity index (χ4n) is 1.07. The summed E-state index contributed by atoms with van der Waals surface area (Å²) < 4.78 is 18.6. The van der Waals surface area contributed by atoms with Gasteiger partial charge in [-0.1, -0.05) is 6.92 Å². The van der Waals surface area contributed by atoms with Crippen molar-refractivity contribution in [3.8, 4) is 5.75 Å². The third-order valence-electron chi connectivity index (χ3n) is 2.49. The minimum atomic E-state index is -0.758. The van der Waals surface area contributed by atoms with Crippen molar-refractivity contribution in [1.29, 1.82) is 0 Å². The zero-order chi connectivity index (χ0) is 13.1. The van der Waals surface area contributed by atoms with E-state index in [-0.39, 0.29) is 18.0 Å². The topological polar surface area (TPSA) is 78.4 Å². The Hall–Kier alpha value is -1.69. The van der Waals surface area contributed by atoms with Gasteiger partial charge in [-0.15, -0.1) is 0 Å². The summed E-state index contributed by atoms with van der Waals surface area (Å²) in [5, 5.41) is 10.4. The van der Waals surface area contributed by atoms with Crippen LogP contribution in [-0.4, -0.2) is 17.1 Å². The predicted molar refractivity (Wildman–Crippen MR) is 61.4 cm³/mol. The van der Waals surface area contributed by atoms with E-state index >= 15 is 0 Å². The average Bonchev–Trinajstić information content (AvgIpc) is 2.27. The summed E-state index contributed by atoms with van der Waals surface area (Å²) in [6, 6.07) is 3.26. The van der Waals surface area contributed by atoms with Gasteiger partial charge >= 0.3 is 0 Å². The van der Waals surface area contributed by atoms with Crippen molar-refractivity contribution in [2.45, 2.75) is 25.8 Å². The molecule has 0 heterocycles. The maximum absolute atomic E-state index is 13.4. The molecule has 0 amide bonds. The molecule has 1 aromatic carbocycles. The van der Waals surface area contributed by atoms with Crippen LogP contribution in [0.3, 0.4) is 0 Å². The number of rotatable bonds is 5. The third kappa shape index (κ3) is 3.67. The molecule has 17 heavy (non-hydrogen) atoms. The number of nitro benzene ring substituents is 1. The van der Waals surface area contributed by atoms with Crippen molar-refractivity contribution in [3.63, 3.8) is 0 Å². The summed E-state index contributed by atoms with van der Waals surface area (Å²) in [7, 11) is 0. The van der Waals surface area contributed by atoms with Crippen LogP contribution in [0.5, 0.6) is 5.75 Å². The maximum atomic E-state index is 13.4. The lowest BCUT2D eigenvalue weighted by Gasteiger charge is -2.22. The van der Waals surface area contributed by atoms with Gasteiger partial charge in [0.25, 0.3) is 5.69 Å². The van der Waals surface area contributed by atoms with Crippen LogP contribution in [0.1, 0.15) is 20.3 Å². The highest BCUT2D eigenvalue weighted by atomic mass is 19.1. The summed E-state index contributed by atoms with van der Waals surface area (Å²) in [5.74, 6) is -0.785. The van der Waals surface area contributed by atoms with Gasteiger partial charge in [0.2, 0.25) is 0 Å². The number of hydrogen-bond donors (Lipinski definition) is 1. The normalized spacial score (nSPS) is 14.1. The van der Waals surface area contributed by atoms with E-state index in [4.69, 9.17) is 10.5 Å². The van der Waals surface area contributed by atoms with Gasteiger partial charge in [0.05, 0.1) is 11.0 Å². The molecule has 0 bridgehead atoms. The molecule has 0 aliphatic rings. The zero-order valence-corrected chi connectivity index (χ0v) is 9.77. The molecule has 1 aromatic rings. The lowest BCUT2D eigenvalue weighted by atomic mass is 10.0. The molecule has 0 saturated heterocycles. The van der Waals surface area contributed by atoms with E-state index in [1.807, 2.05) is 6.92 Å². The second-order valence-corrected chi connectivity index (χ2v) is 4.17. The quantitative estimate of drug-likeness (QED) is 0.634. The molecule has 0 aromatic heterocycles. The number of hydrogen-bond acceptors (Lipinski definition) is 4. The molecule has 1 atom stereocenters. The molecule has 0 aliphatic carbocycles. The Bertz CT molecular complexity index is 421. The van der Waals surface area contributed by atoms with Gasteiger partial charge < -0.3 is 10.5 Å². The monoisotopic (exact) mass is 242 g/mol. The number of nitrogens with two attached hydrogens (primary N) is 1. The van der Waals surface area contributed by atoms with Crippen LogP contribution in [0.15, 0.2) is 18.2 Å². The van der Waals surface area contributed by atoms with E-state index in [0.717, 1.165) is 6.07 Å². The molecular formula is C11H15FN2O3. The smallest absolute Gasteiger partial charge is 0.272 e. The maximum Gasteiger partial charge on any atom is 0.272 e. The lowest BCUT2D eigenvalue weighted by Crippen LogP contribution is -2.41. The van der Waals surface area contributed by atoms with E-state index in [1.54, 1.807) is 6.92 Å². The van der Waals surface area contributed by atoms with Gasteiger partial charge in [0, 0.05) is 11.6 Å². The fourth-order valence-corrected chi connectivity index (χ4v) is 1.07. The first-order valence-electron chi connectivity index (χ1n) is 5.21. The standard InChI is InChI=1S/C11H15FN2O3/c1-3-11(2,13)7-17-10-5-4-8(14(15)16)6-9(10)12/h4-6H,3,7,13H2,1-2H3. The first-order valence-corrected chi connectivity index (χ1v) is 5.21. The number of nitrogens with zero attached hydrogens (tertiary/aromatic N) is 1. The molecular weight excluding hydrogens is 227 g/mol. The summed E-state index contributed by atoms with van der Waals surface area (Å²) in [5.41, 5.74) is 4.98. The number of ether oxygens (including phenoxy) is 1. The van der Waals surface area contributed by atoms with Crippen LogP contribution in [0.4, 0.5) is 10.1 Å². The van der Waals surface area contributed by atoms with Gasteiger partial charge in [-0.3, -0.25) is 10.1 Å². The molecule has 0 saturated carbocycles. The Morgan fingerprint density at radius 3 is 2.71 bits per heavy atom. The largest absolute Gasteiger partial charge is 0.489 e. The molecule has 0 fully saturated rings. The number of nitro groups is 1. The van der Waals surface area contributed by atoms with Crippen molar-refractivity contribution in [1.82, 2.24) is 0 Å². The number of halogens is 1. The number of non-ortho nitro benzene ring substituents is 1. The van der Waals surface area contributed by atoms with E-state index in [2.05, 4.69) is 0 Å². The van der Waals surface area contributed by atoms with E-state index in [1.165, 1.54) is 12.1 Å². The van der Waals surface area contributed by atoms with Crippen molar-refractivity contribution in [2.24, 2.45) is 5.73 Å². The number of benzene rings is 1. The van der Waals surface area contributed by atoms with Crippen LogP contribution < -0.4 is 10.5 Å². The van der Waals surface area contributed by atoms with E-state index < -0.39 is 16.3 Å². The molecule has 94 valence electrons. The molecule has 1 unspecified atom stereocenters. The van der Waals surface area contributed by atoms with Gasteiger partial charge in [-0.2, -0.15) is 0 Å². The van der Waals surface area contributed by atoms with Crippen molar-refractivity contribution < 1.29 is 14.1 Å². The first kappa shape index (κ1) is 13.4. The second kappa shape index (κ2) is 5.09. The van der Waals surface area contributed by atoms with Crippen LogP contribution >= 0.6 is 0 Å². The molecule has 0 spiro atoms. The van der Waals surface area contributed by atoms with Crippen LogP contribution in [-0.2, 0) is 0 Å². The molecule has 6 heteroatoms. The zero-order valence-electron chi connectivity index (χ0n) is 9.77. The van der Waals surface area contributed by atoms with E-state index in [9.17, 15) is 14.5 Å². The minimum Gasteiger partial charge on any atom is -0.489 e. The van der Waals surface area contributed by atoms with Crippen molar-refractivity contribution >= 4 is 5.69 Å². The minimum absolute atomic E-state index is 0.0271. The molecule has 1 rings (SSSR count). The van der Waals surface area contributed by atoms with Crippen LogP contribution in [0, 0.1) is 15.9 Å². The SMILES string of the molecule is CCC(C)(N)COc1ccc([N+](=O)[O-])cc1F.